The van der Waals surface area contributed by atoms with Crippen molar-refractivity contribution < 1.29 is 15.0 Å². The van der Waals surface area contributed by atoms with E-state index in [0.717, 1.165) is 0 Å². The number of aldehydes is 1. The molecular formula is C8H8O3. The van der Waals surface area contributed by atoms with Crippen molar-refractivity contribution in [1.29, 1.82) is 0 Å². The third-order valence-corrected chi connectivity index (χ3v) is 1.51. The molecule has 0 aromatic heterocycles. The molecule has 0 atom stereocenters. The van der Waals surface area contributed by atoms with Crippen LogP contribution >= 0.6 is 0 Å². The van der Waals surface area contributed by atoms with Gasteiger partial charge in [0, 0.05) is 11.1 Å². The summed E-state index contributed by atoms with van der Waals surface area (Å²) in [5, 5.41) is 18.2. The van der Waals surface area contributed by atoms with Gasteiger partial charge < -0.3 is 10.2 Å². The second-order valence-electron chi connectivity index (χ2n) is 2.30. The highest BCUT2D eigenvalue weighted by Gasteiger charge is 2.03. The third-order valence-electron chi connectivity index (χ3n) is 1.51. The van der Waals surface area contributed by atoms with Gasteiger partial charge in [0.1, 0.15) is 17.8 Å². The molecule has 3 nitrogen and oxygen atoms in total. The molecule has 0 aliphatic heterocycles. The van der Waals surface area contributed by atoms with E-state index in [4.69, 9.17) is 10.2 Å². The number of phenolic OH excluding ortho intramolecular Hbond substituents is 2. The molecule has 0 saturated carbocycles. The SMILES string of the molecule is Cc1c(O)cc(C=O)cc1O. The fourth-order valence-corrected chi connectivity index (χ4v) is 0.773. The molecule has 0 heterocycles. The number of hydrogen-bond acceptors (Lipinski definition) is 3. The van der Waals surface area contributed by atoms with Gasteiger partial charge >= 0.3 is 0 Å². The van der Waals surface area contributed by atoms with Gasteiger partial charge in [0.05, 0.1) is 0 Å². The van der Waals surface area contributed by atoms with Crippen LogP contribution in [0, 0.1) is 6.92 Å². The molecule has 58 valence electrons. The van der Waals surface area contributed by atoms with Crippen LogP contribution in [0.25, 0.3) is 0 Å². The van der Waals surface area contributed by atoms with Crippen molar-refractivity contribution in [3.8, 4) is 11.5 Å². The molecule has 1 aromatic carbocycles. The lowest BCUT2D eigenvalue weighted by Gasteiger charge is -2.01. The van der Waals surface area contributed by atoms with Crippen molar-refractivity contribution in [3.05, 3.63) is 23.3 Å². The molecule has 1 aromatic rings. The Morgan fingerprint density at radius 1 is 1.27 bits per heavy atom. The molecule has 3 heteroatoms. The number of benzene rings is 1. The second-order valence-corrected chi connectivity index (χ2v) is 2.30. The fraction of sp³-hybridized carbons (Fsp3) is 0.125. The molecule has 11 heavy (non-hydrogen) atoms. The van der Waals surface area contributed by atoms with E-state index >= 15 is 0 Å². The summed E-state index contributed by atoms with van der Waals surface area (Å²) in [6.07, 6.45) is 0.568. The summed E-state index contributed by atoms with van der Waals surface area (Å²) >= 11 is 0. The Morgan fingerprint density at radius 2 is 1.73 bits per heavy atom. The van der Waals surface area contributed by atoms with Gasteiger partial charge in [-0.1, -0.05) is 0 Å². The summed E-state index contributed by atoms with van der Waals surface area (Å²) in [7, 11) is 0. The van der Waals surface area contributed by atoms with Gasteiger partial charge in [0.25, 0.3) is 0 Å². The monoisotopic (exact) mass is 152 g/mol. The summed E-state index contributed by atoms with van der Waals surface area (Å²) in [6.45, 7) is 1.57. The first-order valence-electron chi connectivity index (χ1n) is 3.13. The fourth-order valence-electron chi connectivity index (χ4n) is 0.773. The molecule has 0 unspecified atom stereocenters. The molecule has 0 saturated heterocycles. The van der Waals surface area contributed by atoms with E-state index in [0.29, 0.717) is 11.8 Å². The number of rotatable bonds is 1. The van der Waals surface area contributed by atoms with E-state index in [9.17, 15) is 4.79 Å². The van der Waals surface area contributed by atoms with E-state index in [1.807, 2.05) is 0 Å². The van der Waals surface area contributed by atoms with Gasteiger partial charge in [-0.15, -0.1) is 0 Å². The Balaban J connectivity index is 3.31. The van der Waals surface area contributed by atoms with Crippen LogP contribution in [0.3, 0.4) is 0 Å². The van der Waals surface area contributed by atoms with Crippen molar-refractivity contribution in [1.82, 2.24) is 0 Å². The lowest BCUT2D eigenvalue weighted by atomic mass is 10.1. The molecule has 2 N–H and O–H groups in total. The molecule has 0 bridgehead atoms. The standard InChI is InChI=1S/C8H8O3/c1-5-7(10)2-6(4-9)3-8(5)11/h2-4,10-11H,1H3. The molecule has 0 amide bonds. The summed E-state index contributed by atoms with van der Waals surface area (Å²) in [6, 6.07) is 2.62. The van der Waals surface area contributed by atoms with E-state index in [1.54, 1.807) is 6.92 Å². The highest BCUT2D eigenvalue weighted by atomic mass is 16.3. The smallest absolute Gasteiger partial charge is 0.150 e. The summed E-state index contributed by atoms with van der Waals surface area (Å²) < 4.78 is 0. The molecule has 1 rings (SSSR count). The molecular weight excluding hydrogens is 144 g/mol. The van der Waals surface area contributed by atoms with Crippen LogP contribution < -0.4 is 0 Å². The average Bonchev–Trinajstić information content (AvgIpc) is 1.99. The quantitative estimate of drug-likeness (QED) is 0.595. The zero-order valence-corrected chi connectivity index (χ0v) is 6.03. The van der Waals surface area contributed by atoms with Crippen molar-refractivity contribution >= 4 is 6.29 Å². The van der Waals surface area contributed by atoms with Crippen LogP contribution in [0.4, 0.5) is 0 Å². The number of phenols is 2. The molecule has 0 radical (unpaired) electrons. The van der Waals surface area contributed by atoms with Crippen LogP contribution in [0.1, 0.15) is 15.9 Å². The predicted octanol–water partition coefficient (Wildman–Crippen LogP) is 1.22. The van der Waals surface area contributed by atoms with Gasteiger partial charge in [-0.05, 0) is 19.1 Å². The zero-order valence-electron chi connectivity index (χ0n) is 6.03. The maximum Gasteiger partial charge on any atom is 0.150 e. The van der Waals surface area contributed by atoms with Crippen molar-refractivity contribution in [2.45, 2.75) is 6.92 Å². The Morgan fingerprint density at radius 3 is 2.09 bits per heavy atom. The van der Waals surface area contributed by atoms with Crippen molar-refractivity contribution in [2.75, 3.05) is 0 Å². The van der Waals surface area contributed by atoms with Crippen molar-refractivity contribution in [2.24, 2.45) is 0 Å². The first kappa shape index (κ1) is 7.60. The minimum absolute atomic E-state index is 0.0629. The van der Waals surface area contributed by atoms with Crippen molar-refractivity contribution in [3.63, 3.8) is 0 Å². The predicted molar refractivity (Wildman–Crippen MR) is 39.9 cm³/mol. The van der Waals surface area contributed by atoms with Gasteiger partial charge in [-0.3, -0.25) is 4.79 Å². The van der Waals surface area contributed by atoms with Gasteiger partial charge in [-0.25, -0.2) is 0 Å². The highest BCUT2D eigenvalue weighted by Crippen LogP contribution is 2.26. The largest absolute Gasteiger partial charge is 0.508 e. The summed E-state index contributed by atoms with van der Waals surface area (Å²) in [5.41, 5.74) is 0.654. The lowest BCUT2D eigenvalue weighted by Crippen LogP contribution is -1.82. The van der Waals surface area contributed by atoms with E-state index < -0.39 is 0 Å². The number of carbonyl (C=O) groups excluding carboxylic acids is 1. The van der Waals surface area contributed by atoms with Crippen LogP contribution in [-0.2, 0) is 0 Å². The normalized spacial score (nSPS) is 9.55. The summed E-state index contributed by atoms with van der Waals surface area (Å²) in [4.78, 5) is 10.2. The van der Waals surface area contributed by atoms with Gasteiger partial charge in [0.2, 0.25) is 0 Å². The van der Waals surface area contributed by atoms with Crippen LogP contribution in [0.15, 0.2) is 12.1 Å². The number of aromatic hydroxyl groups is 2. The maximum absolute atomic E-state index is 10.2. The minimum Gasteiger partial charge on any atom is -0.508 e. The molecule has 0 aliphatic rings. The van der Waals surface area contributed by atoms with Crippen LogP contribution in [0.2, 0.25) is 0 Å². The maximum atomic E-state index is 10.2. The van der Waals surface area contributed by atoms with Gasteiger partial charge in [-0.2, -0.15) is 0 Å². The number of hydrogen-bond donors (Lipinski definition) is 2. The second kappa shape index (κ2) is 2.62. The van der Waals surface area contributed by atoms with E-state index in [-0.39, 0.29) is 17.1 Å². The third kappa shape index (κ3) is 1.32. The Hall–Kier alpha value is -1.51. The van der Waals surface area contributed by atoms with Crippen LogP contribution in [0.5, 0.6) is 11.5 Å². The van der Waals surface area contributed by atoms with Crippen LogP contribution in [-0.4, -0.2) is 16.5 Å². The zero-order chi connectivity index (χ0) is 8.43. The summed E-state index contributed by atoms with van der Waals surface area (Å²) in [5.74, 6) is -0.126. The Bertz CT molecular complexity index is 268. The Labute approximate surface area is 63.9 Å². The molecule has 0 aliphatic carbocycles. The average molecular weight is 152 g/mol. The van der Waals surface area contributed by atoms with E-state index in [2.05, 4.69) is 0 Å². The first-order valence-corrected chi connectivity index (χ1v) is 3.13. The van der Waals surface area contributed by atoms with E-state index in [1.165, 1.54) is 12.1 Å². The highest BCUT2D eigenvalue weighted by molar-refractivity contribution is 5.77. The molecule has 0 spiro atoms. The first-order chi connectivity index (χ1) is 5.15. The van der Waals surface area contributed by atoms with Gasteiger partial charge in [0.15, 0.2) is 0 Å². The number of carbonyl (C=O) groups is 1. The lowest BCUT2D eigenvalue weighted by molar-refractivity contribution is 0.112. The minimum atomic E-state index is -0.0629. The Kier molecular flexibility index (Phi) is 1.81. The topological polar surface area (TPSA) is 57.5 Å². The molecule has 0 fully saturated rings.